The van der Waals surface area contributed by atoms with Gasteiger partial charge in [0, 0.05) is 31.9 Å². The van der Waals surface area contributed by atoms with Gasteiger partial charge in [-0.2, -0.15) is 0 Å². The van der Waals surface area contributed by atoms with E-state index < -0.39 is 0 Å². The minimum Gasteiger partial charge on any atom is -0.362 e. The molecule has 1 aromatic carbocycles. The minimum atomic E-state index is 0.283. The summed E-state index contributed by atoms with van der Waals surface area (Å²) in [5, 5.41) is 0. The summed E-state index contributed by atoms with van der Waals surface area (Å²) < 4.78 is 0. The Bertz CT molecular complexity index is 509. The molecule has 2 N–H and O–H groups in total. The Morgan fingerprint density at radius 1 is 1.10 bits per heavy atom. The molecule has 2 aliphatic rings. The first-order valence-electron chi connectivity index (χ1n) is 8.12. The third-order valence-electron chi connectivity index (χ3n) is 4.63. The number of anilines is 1. The van der Waals surface area contributed by atoms with Gasteiger partial charge < -0.3 is 15.5 Å². The molecule has 1 saturated heterocycles. The number of amides is 1. The number of likely N-dealkylation sites (tertiary alicyclic amines) is 1. The smallest absolute Gasteiger partial charge is 0.242 e. The lowest BCUT2D eigenvalue weighted by atomic mass is 9.99. The lowest BCUT2D eigenvalue weighted by Crippen LogP contribution is -2.44. The van der Waals surface area contributed by atoms with Crippen LogP contribution in [0.4, 0.5) is 5.69 Å². The Kier molecular flexibility index (Phi) is 4.44. The van der Waals surface area contributed by atoms with E-state index in [9.17, 15) is 4.79 Å². The van der Waals surface area contributed by atoms with Gasteiger partial charge >= 0.3 is 0 Å². The van der Waals surface area contributed by atoms with Gasteiger partial charge in [-0.1, -0.05) is 12.1 Å². The normalized spacial score (nSPS) is 18.5. The van der Waals surface area contributed by atoms with Crippen LogP contribution >= 0.6 is 0 Å². The van der Waals surface area contributed by atoms with Crippen molar-refractivity contribution in [3.63, 3.8) is 0 Å². The second-order valence-electron chi connectivity index (χ2n) is 6.13. The third-order valence-corrected chi connectivity index (χ3v) is 4.63. The molecule has 0 saturated carbocycles. The zero-order chi connectivity index (χ0) is 14.7. The number of aryl methyl sites for hydroxylation is 1. The van der Waals surface area contributed by atoms with E-state index in [0.717, 1.165) is 45.3 Å². The van der Waals surface area contributed by atoms with Crippen LogP contribution in [-0.4, -0.2) is 37.0 Å². The van der Waals surface area contributed by atoms with Gasteiger partial charge in [-0.3, -0.25) is 4.79 Å². The number of carbonyl (C=O) groups excluding carboxylic acids is 1. The van der Waals surface area contributed by atoms with E-state index >= 15 is 0 Å². The summed E-state index contributed by atoms with van der Waals surface area (Å²) in [5.74, 6) is 0.283. The summed E-state index contributed by atoms with van der Waals surface area (Å²) in [6.07, 6.45) is 5.79. The van der Waals surface area contributed by atoms with Crippen molar-refractivity contribution in [2.75, 3.05) is 31.1 Å². The van der Waals surface area contributed by atoms with Crippen LogP contribution < -0.4 is 10.6 Å². The molecule has 0 atom stereocenters. The van der Waals surface area contributed by atoms with Crippen LogP contribution in [0.15, 0.2) is 18.2 Å². The van der Waals surface area contributed by atoms with E-state index in [1.165, 1.54) is 23.2 Å². The maximum atomic E-state index is 12.5. The van der Waals surface area contributed by atoms with Crippen molar-refractivity contribution in [3.8, 4) is 0 Å². The molecule has 1 aromatic rings. The highest BCUT2D eigenvalue weighted by Crippen LogP contribution is 2.28. The van der Waals surface area contributed by atoms with Crippen LogP contribution in [-0.2, 0) is 17.8 Å². The van der Waals surface area contributed by atoms with Gasteiger partial charge in [0.2, 0.25) is 5.91 Å². The zero-order valence-corrected chi connectivity index (χ0v) is 12.7. The number of nitrogens with two attached hydrogens (primary N) is 1. The number of fused-ring (bicyclic) bond motifs is 1. The molecule has 1 fully saturated rings. The fourth-order valence-corrected chi connectivity index (χ4v) is 3.43. The van der Waals surface area contributed by atoms with E-state index in [1.807, 2.05) is 4.90 Å². The standard InChI is InChI=1S/C17H25N3O/c18-12-14-6-7-16-15(11-14)5-4-10-20(16)13-17(21)19-8-2-1-3-9-19/h6-7,11H,1-5,8-10,12-13,18H2. The average Bonchev–Trinajstić information content (AvgIpc) is 2.55. The Balaban J connectivity index is 1.71. The third kappa shape index (κ3) is 3.21. The fourth-order valence-electron chi connectivity index (χ4n) is 3.43. The predicted molar refractivity (Wildman–Crippen MR) is 85.3 cm³/mol. The molecule has 4 nitrogen and oxygen atoms in total. The summed E-state index contributed by atoms with van der Waals surface area (Å²) in [6, 6.07) is 6.43. The van der Waals surface area contributed by atoms with Gasteiger partial charge in [-0.05, 0) is 49.3 Å². The SMILES string of the molecule is NCc1ccc2c(c1)CCCN2CC(=O)N1CCCCC1. The van der Waals surface area contributed by atoms with Crippen molar-refractivity contribution in [2.45, 2.75) is 38.6 Å². The maximum Gasteiger partial charge on any atom is 0.242 e. The molecule has 0 unspecified atom stereocenters. The highest BCUT2D eigenvalue weighted by molar-refractivity contribution is 5.82. The summed E-state index contributed by atoms with van der Waals surface area (Å²) in [5.41, 5.74) is 9.47. The van der Waals surface area contributed by atoms with Crippen LogP contribution in [0.1, 0.15) is 36.8 Å². The van der Waals surface area contributed by atoms with Crippen LogP contribution in [0, 0.1) is 0 Å². The van der Waals surface area contributed by atoms with Crippen LogP contribution in [0.3, 0.4) is 0 Å². The van der Waals surface area contributed by atoms with Crippen molar-refractivity contribution >= 4 is 11.6 Å². The molecule has 0 aliphatic carbocycles. The molecular formula is C17H25N3O. The molecule has 21 heavy (non-hydrogen) atoms. The minimum absolute atomic E-state index is 0.283. The van der Waals surface area contributed by atoms with Crippen molar-refractivity contribution in [2.24, 2.45) is 5.73 Å². The van der Waals surface area contributed by atoms with Crippen LogP contribution in [0.2, 0.25) is 0 Å². The number of carbonyl (C=O) groups is 1. The molecule has 114 valence electrons. The number of hydrogen-bond donors (Lipinski definition) is 1. The van der Waals surface area contributed by atoms with Gasteiger partial charge in [0.25, 0.3) is 0 Å². The molecule has 0 bridgehead atoms. The number of rotatable bonds is 3. The highest BCUT2D eigenvalue weighted by atomic mass is 16.2. The second-order valence-corrected chi connectivity index (χ2v) is 6.13. The molecule has 4 heteroatoms. The Labute approximate surface area is 126 Å². The molecule has 0 radical (unpaired) electrons. The second kappa shape index (κ2) is 6.48. The number of hydrogen-bond acceptors (Lipinski definition) is 3. The number of benzene rings is 1. The van der Waals surface area contributed by atoms with Crippen molar-refractivity contribution < 1.29 is 4.79 Å². The van der Waals surface area contributed by atoms with E-state index in [-0.39, 0.29) is 5.91 Å². The maximum absolute atomic E-state index is 12.5. The monoisotopic (exact) mass is 287 g/mol. The number of nitrogens with zero attached hydrogens (tertiary/aromatic N) is 2. The molecule has 2 heterocycles. The Morgan fingerprint density at radius 2 is 1.90 bits per heavy atom. The van der Waals surface area contributed by atoms with E-state index in [0.29, 0.717) is 13.1 Å². The average molecular weight is 287 g/mol. The summed E-state index contributed by atoms with van der Waals surface area (Å²) in [6.45, 7) is 3.96. The van der Waals surface area contributed by atoms with E-state index in [2.05, 4.69) is 23.1 Å². The van der Waals surface area contributed by atoms with Gasteiger partial charge in [0.1, 0.15) is 0 Å². The van der Waals surface area contributed by atoms with Gasteiger partial charge in [-0.15, -0.1) is 0 Å². The van der Waals surface area contributed by atoms with Crippen LogP contribution in [0.25, 0.3) is 0 Å². The lowest BCUT2D eigenvalue weighted by Gasteiger charge is -2.34. The van der Waals surface area contributed by atoms with Crippen molar-refractivity contribution in [1.82, 2.24) is 4.90 Å². The summed E-state index contributed by atoms with van der Waals surface area (Å²) in [7, 11) is 0. The highest BCUT2D eigenvalue weighted by Gasteiger charge is 2.23. The molecule has 1 amide bonds. The largest absolute Gasteiger partial charge is 0.362 e. The molecule has 0 spiro atoms. The molecule has 2 aliphatic heterocycles. The summed E-state index contributed by atoms with van der Waals surface area (Å²) >= 11 is 0. The topological polar surface area (TPSA) is 49.6 Å². The fraction of sp³-hybridized carbons (Fsp3) is 0.588. The molecular weight excluding hydrogens is 262 g/mol. The summed E-state index contributed by atoms with van der Waals surface area (Å²) in [4.78, 5) is 16.7. The van der Waals surface area contributed by atoms with Crippen molar-refractivity contribution in [1.29, 1.82) is 0 Å². The Hall–Kier alpha value is -1.55. The first kappa shape index (κ1) is 14.4. The first-order chi connectivity index (χ1) is 10.3. The molecule has 3 rings (SSSR count). The first-order valence-corrected chi connectivity index (χ1v) is 8.12. The van der Waals surface area contributed by atoms with Crippen LogP contribution in [0.5, 0.6) is 0 Å². The van der Waals surface area contributed by atoms with Crippen molar-refractivity contribution in [3.05, 3.63) is 29.3 Å². The quantitative estimate of drug-likeness (QED) is 0.924. The lowest BCUT2D eigenvalue weighted by molar-refractivity contribution is -0.130. The van der Waals surface area contributed by atoms with Gasteiger partial charge in [0.15, 0.2) is 0 Å². The van der Waals surface area contributed by atoms with E-state index in [1.54, 1.807) is 0 Å². The van der Waals surface area contributed by atoms with Gasteiger partial charge in [0.05, 0.1) is 6.54 Å². The van der Waals surface area contributed by atoms with Gasteiger partial charge in [-0.25, -0.2) is 0 Å². The predicted octanol–water partition coefficient (Wildman–Crippen LogP) is 1.91. The Morgan fingerprint density at radius 3 is 2.67 bits per heavy atom. The number of piperidine rings is 1. The van der Waals surface area contributed by atoms with E-state index in [4.69, 9.17) is 5.73 Å². The zero-order valence-electron chi connectivity index (χ0n) is 12.7. The molecule has 0 aromatic heterocycles.